The maximum Gasteiger partial charge on any atom is 0.224 e. The molecular formula is C16H26BrIN4O. The maximum atomic E-state index is 12.1. The lowest BCUT2D eigenvalue weighted by Crippen LogP contribution is -2.37. The van der Waals surface area contributed by atoms with Gasteiger partial charge in [-0.3, -0.25) is 9.79 Å². The fraction of sp³-hybridized carbons (Fsp3) is 0.500. The van der Waals surface area contributed by atoms with Gasteiger partial charge in [-0.25, -0.2) is 0 Å². The smallest absolute Gasteiger partial charge is 0.224 e. The molecule has 130 valence electrons. The van der Waals surface area contributed by atoms with Crippen LogP contribution in [0.1, 0.15) is 25.8 Å². The summed E-state index contributed by atoms with van der Waals surface area (Å²) in [6, 6.07) is 7.90. The minimum atomic E-state index is 0. The molecule has 1 aromatic carbocycles. The molecule has 0 saturated heterocycles. The van der Waals surface area contributed by atoms with Gasteiger partial charge in [0.05, 0.1) is 6.54 Å². The van der Waals surface area contributed by atoms with E-state index in [0.717, 1.165) is 23.1 Å². The number of carbonyl (C=O) groups excluding carboxylic acids is 1. The van der Waals surface area contributed by atoms with Gasteiger partial charge in [0.15, 0.2) is 5.96 Å². The normalized spacial score (nSPS) is 10.9. The van der Waals surface area contributed by atoms with E-state index in [0.29, 0.717) is 25.5 Å². The van der Waals surface area contributed by atoms with Crippen LogP contribution in [0.2, 0.25) is 0 Å². The average molecular weight is 497 g/mol. The van der Waals surface area contributed by atoms with Gasteiger partial charge in [-0.15, -0.1) is 24.0 Å². The van der Waals surface area contributed by atoms with Crippen LogP contribution in [0.5, 0.6) is 0 Å². The van der Waals surface area contributed by atoms with Crippen LogP contribution in [0.25, 0.3) is 0 Å². The number of benzene rings is 1. The Hall–Kier alpha value is -0.830. The minimum absolute atomic E-state index is 0. The lowest BCUT2D eigenvalue weighted by molar-refractivity contribution is -0.130. The molecule has 1 amide bonds. The van der Waals surface area contributed by atoms with E-state index in [2.05, 4.69) is 20.9 Å². The molecule has 0 bridgehead atoms. The third-order valence-corrected chi connectivity index (χ3v) is 4.25. The number of hydrogen-bond donors (Lipinski definition) is 1. The predicted molar refractivity (Wildman–Crippen MR) is 110 cm³/mol. The number of guanidine groups is 1. The maximum absolute atomic E-state index is 12.1. The Morgan fingerprint density at radius 1 is 1.26 bits per heavy atom. The van der Waals surface area contributed by atoms with E-state index in [1.165, 1.54) is 0 Å². The molecule has 0 radical (unpaired) electrons. The Morgan fingerprint density at radius 3 is 2.43 bits per heavy atom. The molecule has 0 saturated carbocycles. The summed E-state index contributed by atoms with van der Waals surface area (Å²) in [5.74, 6) is 0.568. The second kappa shape index (κ2) is 11.7. The lowest BCUT2D eigenvalue weighted by Gasteiger charge is -2.20. The monoisotopic (exact) mass is 496 g/mol. The Labute approximate surface area is 164 Å². The van der Waals surface area contributed by atoms with Gasteiger partial charge >= 0.3 is 0 Å². The van der Waals surface area contributed by atoms with Gasteiger partial charge in [-0.2, -0.15) is 0 Å². The highest BCUT2D eigenvalue weighted by atomic mass is 127. The second-order valence-corrected chi connectivity index (χ2v) is 5.86. The Morgan fingerprint density at radius 2 is 1.87 bits per heavy atom. The summed E-state index contributed by atoms with van der Waals surface area (Å²) in [6.45, 7) is 6.70. The molecule has 7 heteroatoms. The van der Waals surface area contributed by atoms with E-state index in [4.69, 9.17) is 5.73 Å². The van der Waals surface area contributed by atoms with Crippen LogP contribution >= 0.6 is 39.9 Å². The molecule has 0 aliphatic heterocycles. The average Bonchev–Trinajstić information content (AvgIpc) is 2.50. The molecule has 1 rings (SSSR count). The summed E-state index contributed by atoms with van der Waals surface area (Å²) in [5.41, 5.74) is 6.98. The highest BCUT2D eigenvalue weighted by Gasteiger charge is 2.10. The molecular weight excluding hydrogens is 471 g/mol. The van der Waals surface area contributed by atoms with Crippen molar-refractivity contribution in [1.82, 2.24) is 9.80 Å². The van der Waals surface area contributed by atoms with Crippen molar-refractivity contribution in [2.75, 3.05) is 26.7 Å². The molecule has 0 unspecified atom stereocenters. The molecule has 0 aliphatic rings. The molecule has 0 atom stereocenters. The van der Waals surface area contributed by atoms with Crippen molar-refractivity contribution in [3.8, 4) is 0 Å². The van der Waals surface area contributed by atoms with Gasteiger partial charge in [0.25, 0.3) is 0 Å². The number of rotatable bonds is 7. The molecule has 0 fully saturated rings. The zero-order valence-electron chi connectivity index (χ0n) is 14.0. The fourth-order valence-electron chi connectivity index (χ4n) is 2.07. The number of hydrogen-bond acceptors (Lipinski definition) is 2. The third kappa shape index (κ3) is 7.52. The Bertz CT molecular complexity index is 521. The van der Waals surface area contributed by atoms with Crippen molar-refractivity contribution >= 4 is 51.8 Å². The first-order chi connectivity index (χ1) is 10.5. The predicted octanol–water partition coefficient (Wildman–Crippen LogP) is 3.07. The van der Waals surface area contributed by atoms with Gasteiger partial charge in [-0.05, 0) is 25.5 Å². The minimum Gasteiger partial charge on any atom is -0.370 e. The lowest BCUT2D eigenvalue weighted by atomic mass is 10.2. The van der Waals surface area contributed by atoms with Crippen LogP contribution < -0.4 is 5.73 Å². The molecule has 0 spiro atoms. The standard InChI is InChI=1S/C16H25BrN4O.HI/c1-4-21(5-2)16(18)19-11-10-15(22)20(3)12-13-8-6-7-9-14(13)17;/h6-9H,4-5,10-12H2,1-3H3,(H2,18,19);1H. The fourth-order valence-corrected chi connectivity index (χ4v) is 2.49. The third-order valence-electron chi connectivity index (χ3n) is 3.48. The first kappa shape index (κ1) is 22.2. The van der Waals surface area contributed by atoms with Crippen molar-refractivity contribution in [3.05, 3.63) is 34.3 Å². The number of amides is 1. The van der Waals surface area contributed by atoms with Crippen molar-refractivity contribution in [2.24, 2.45) is 10.7 Å². The zero-order valence-corrected chi connectivity index (χ0v) is 17.9. The van der Waals surface area contributed by atoms with Crippen LogP contribution in [-0.4, -0.2) is 48.3 Å². The number of aliphatic imine (C=N–C) groups is 1. The highest BCUT2D eigenvalue weighted by Crippen LogP contribution is 2.17. The number of nitrogens with zero attached hydrogens (tertiary/aromatic N) is 3. The van der Waals surface area contributed by atoms with Crippen molar-refractivity contribution in [2.45, 2.75) is 26.8 Å². The van der Waals surface area contributed by atoms with E-state index < -0.39 is 0 Å². The molecule has 5 nitrogen and oxygen atoms in total. The van der Waals surface area contributed by atoms with Gasteiger partial charge in [0.2, 0.25) is 5.91 Å². The quantitative estimate of drug-likeness (QED) is 0.358. The van der Waals surface area contributed by atoms with Crippen molar-refractivity contribution in [1.29, 1.82) is 0 Å². The summed E-state index contributed by atoms with van der Waals surface area (Å²) in [5, 5.41) is 0. The van der Waals surface area contributed by atoms with Crippen molar-refractivity contribution < 1.29 is 4.79 Å². The van der Waals surface area contributed by atoms with Gasteiger partial charge in [0.1, 0.15) is 0 Å². The summed E-state index contributed by atoms with van der Waals surface area (Å²) in [6.07, 6.45) is 0.364. The number of nitrogens with two attached hydrogens (primary N) is 1. The number of halogens is 2. The van der Waals surface area contributed by atoms with Crippen LogP contribution in [0.15, 0.2) is 33.7 Å². The Kier molecular flexibility index (Phi) is 11.2. The SMILES string of the molecule is CCN(CC)C(N)=NCCC(=O)N(C)Cc1ccccc1Br.I. The second-order valence-electron chi connectivity index (χ2n) is 5.00. The summed E-state index contributed by atoms with van der Waals surface area (Å²) in [7, 11) is 1.80. The van der Waals surface area contributed by atoms with E-state index in [-0.39, 0.29) is 29.9 Å². The van der Waals surface area contributed by atoms with Crippen LogP contribution in [0, 0.1) is 0 Å². The largest absolute Gasteiger partial charge is 0.370 e. The van der Waals surface area contributed by atoms with Gasteiger partial charge in [-0.1, -0.05) is 34.1 Å². The molecule has 0 aliphatic carbocycles. The Balaban J connectivity index is 0.00000484. The summed E-state index contributed by atoms with van der Waals surface area (Å²) >= 11 is 3.50. The highest BCUT2D eigenvalue weighted by molar-refractivity contribution is 14.0. The van der Waals surface area contributed by atoms with Gasteiger partial charge < -0.3 is 15.5 Å². The number of carbonyl (C=O) groups is 1. The summed E-state index contributed by atoms with van der Waals surface area (Å²) in [4.78, 5) is 20.1. The molecule has 0 heterocycles. The molecule has 0 aromatic heterocycles. The summed E-state index contributed by atoms with van der Waals surface area (Å²) < 4.78 is 1.01. The zero-order chi connectivity index (χ0) is 16.5. The molecule has 2 N–H and O–H groups in total. The molecule has 1 aromatic rings. The van der Waals surface area contributed by atoms with Crippen molar-refractivity contribution in [3.63, 3.8) is 0 Å². The van der Waals surface area contributed by atoms with Crippen LogP contribution in [0.3, 0.4) is 0 Å². The first-order valence-corrected chi connectivity index (χ1v) is 8.31. The van der Waals surface area contributed by atoms with E-state index in [9.17, 15) is 4.79 Å². The van der Waals surface area contributed by atoms with Crippen LogP contribution in [-0.2, 0) is 11.3 Å². The van der Waals surface area contributed by atoms with E-state index >= 15 is 0 Å². The van der Waals surface area contributed by atoms with E-state index in [1.54, 1.807) is 11.9 Å². The van der Waals surface area contributed by atoms with Gasteiger partial charge in [0, 0.05) is 37.6 Å². The van der Waals surface area contributed by atoms with E-state index in [1.807, 2.05) is 43.0 Å². The van der Waals surface area contributed by atoms with Crippen LogP contribution in [0.4, 0.5) is 0 Å². The first-order valence-electron chi connectivity index (χ1n) is 7.51. The topological polar surface area (TPSA) is 61.9 Å². The molecule has 23 heavy (non-hydrogen) atoms.